The van der Waals surface area contributed by atoms with E-state index in [9.17, 15) is 14.7 Å². The van der Waals surface area contributed by atoms with E-state index in [2.05, 4.69) is 53.2 Å². The second kappa shape index (κ2) is 12.5. The van der Waals surface area contributed by atoms with Crippen LogP contribution in [0.5, 0.6) is 5.75 Å². The van der Waals surface area contributed by atoms with Gasteiger partial charge in [0.1, 0.15) is 29.2 Å². The van der Waals surface area contributed by atoms with Gasteiger partial charge in [0.05, 0.1) is 12.1 Å². The third-order valence-electron chi connectivity index (χ3n) is 8.61. The highest BCUT2D eigenvalue weighted by Crippen LogP contribution is 2.41. The maximum atomic E-state index is 12.2. The highest BCUT2D eigenvalue weighted by atomic mass is 32.1. The molecule has 3 aromatic carbocycles. The maximum absolute atomic E-state index is 12.2. The van der Waals surface area contributed by atoms with Gasteiger partial charge in [-0.15, -0.1) is 21.5 Å². The van der Waals surface area contributed by atoms with Gasteiger partial charge in [-0.25, -0.2) is 4.79 Å². The topological polar surface area (TPSA) is 119 Å². The summed E-state index contributed by atoms with van der Waals surface area (Å²) < 4.78 is 13.1. The average molecular weight is 648 g/mol. The third-order valence-corrected chi connectivity index (χ3v) is 9.80. The Balaban J connectivity index is 1.10. The molecule has 1 atom stereocenters. The van der Waals surface area contributed by atoms with E-state index >= 15 is 0 Å². The van der Waals surface area contributed by atoms with Crippen LogP contribution in [0.1, 0.15) is 56.8 Å². The second-order valence-electron chi connectivity index (χ2n) is 11.7. The standard InChI is InChI=1S/C36H33N5O5S/c1-21-22(2)47-36-33(21)34(37-29(18-31(42)43)35-39-38-23(3)41(35)36)25-9-11-27(12-10-25)40-16-15-26-17-28(13-14-30(26)40)45-20-32(44)46-19-24-7-5-4-6-8-24/h4-14,17,29H,15-16,18-20H2,1-3H3,(H,42,43)/t29-/m0/s1. The highest BCUT2D eigenvalue weighted by molar-refractivity contribution is 7.15. The molecular weight excluding hydrogens is 614 g/mol. The Bertz CT molecular complexity index is 2020. The number of anilines is 2. The first-order valence-corrected chi connectivity index (χ1v) is 16.2. The van der Waals surface area contributed by atoms with Crippen molar-refractivity contribution in [2.24, 2.45) is 4.99 Å². The fourth-order valence-corrected chi connectivity index (χ4v) is 7.36. The Labute approximate surface area is 275 Å². The van der Waals surface area contributed by atoms with Crippen LogP contribution in [-0.2, 0) is 27.4 Å². The summed E-state index contributed by atoms with van der Waals surface area (Å²) in [5.41, 5.74) is 7.96. The lowest BCUT2D eigenvalue weighted by Crippen LogP contribution is -2.15. The van der Waals surface area contributed by atoms with E-state index in [1.54, 1.807) is 11.3 Å². The Hall–Kier alpha value is -5.29. The number of aryl methyl sites for hydroxylation is 2. The van der Waals surface area contributed by atoms with Crippen molar-refractivity contribution in [3.05, 3.63) is 117 Å². The molecule has 2 aromatic heterocycles. The van der Waals surface area contributed by atoms with Crippen molar-refractivity contribution in [1.82, 2.24) is 14.8 Å². The molecule has 10 nitrogen and oxygen atoms in total. The van der Waals surface area contributed by atoms with Crippen molar-refractivity contribution in [2.45, 2.75) is 46.3 Å². The number of fused-ring (bicyclic) bond motifs is 4. The molecule has 11 heteroatoms. The largest absolute Gasteiger partial charge is 0.482 e. The van der Waals surface area contributed by atoms with Crippen molar-refractivity contribution in [3.8, 4) is 10.8 Å². The summed E-state index contributed by atoms with van der Waals surface area (Å²) in [5.74, 6) is 0.514. The van der Waals surface area contributed by atoms with Crippen molar-refractivity contribution in [1.29, 1.82) is 0 Å². The number of benzene rings is 3. The molecule has 2 aliphatic rings. The Morgan fingerprint density at radius 1 is 1.00 bits per heavy atom. The number of carboxylic acid groups (broad SMARTS) is 1. The summed E-state index contributed by atoms with van der Waals surface area (Å²) in [6.45, 7) is 6.91. The highest BCUT2D eigenvalue weighted by Gasteiger charge is 2.32. The van der Waals surface area contributed by atoms with Crippen LogP contribution >= 0.6 is 11.3 Å². The van der Waals surface area contributed by atoms with Crippen molar-refractivity contribution in [3.63, 3.8) is 0 Å². The molecule has 0 saturated carbocycles. The molecule has 0 unspecified atom stereocenters. The van der Waals surface area contributed by atoms with Gasteiger partial charge in [-0.1, -0.05) is 42.5 Å². The molecule has 238 valence electrons. The molecule has 2 aliphatic heterocycles. The molecule has 5 aromatic rings. The molecule has 0 amide bonds. The Morgan fingerprint density at radius 3 is 2.55 bits per heavy atom. The smallest absolute Gasteiger partial charge is 0.344 e. The number of aromatic nitrogens is 3. The zero-order valence-corrected chi connectivity index (χ0v) is 27.1. The summed E-state index contributed by atoms with van der Waals surface area (Å²) in [7, 11) is 0. The van der Waals surface area contributed by atoms with E-state index in [-0.39, 0.29) is 19.6 Å². The lowest BCUT2D eigenvalue weighted by atomic mass is 9.99. The zero-order valence-electron chi connectivity index (χ0n) is 26.3. The van der Waals surface area contributed by atoms with Crippen molar-refractivity contribution < 1.29 is 24.2 Å². The van der Waals surface area contributed by atoms with E-state index in [1.807, 2.05) is 60.0 Å². The number of nitrogens with zero attached hydrogens (tertiary/aromatic N) is 5. The van der Waals surface area contributed by atoms with Gasteiger partial charge in [0.2, 0.25) is 0 Å². The summed E-state index contributed by atoms with van der Waals surface area (Å²) in [4.78, 5) is 32.6. The molecule has 1 N–H and O–H groups in total. The number of thiophene rings is 1. The number of esters is 1. The van der Waals surface area contributed by atoms with Crippen LogP contribution in [0.3, 0.4) is 0 Å². The van der Waals surface area contributed by atoms with Crippen LogP contribution in [0.4, 0.5) is 11.4 Å². The summed E-state index contributed by atoms with van der Waals surface area (Å²) in [6, 6.07) is 23.0. The van der Waals surface area contributed by atoms with E-state index in [4.69, 9.17) is 14.5 Å². The van der Waals surface area contributed by atoms with E-state index in [0.29, 0.717) is 17.4 Å². The number of carbonyl (C=O) groups is 2. The van der Waals surface area contributed by atoms with Gasteiger partial charge in [0, 0.05) is 33.9 Å². The van der Waals surface area contributed by atoms with Crippen molar-refractivity contribution in [2.75, 3.05) is 18.1 Å². The minimum absolute atomic E-state index is 0.156. The summed E-state index contributed by atoms with van der Waals surface area (Å²) in [6.07, 6.45) is 0.656. The molecule has 0 saturated heterocycles. The Morgan fingerprint density at radius 2 is 1.79 bits per heavy atom. The summed E-state index contributed by atoms with van der Waals surface area (Å²) >= 11 is 1.64. The van der Waals surface area contributed by atoms with Gasteiger partial charge in [-0.3, -0.25) is 14.4 Å². The van der Waals surface area contributed by atoms with Crippen LogP contribution in [0.2, 0.25) is 0 Å². The SMILES string of the molecule is Cc1sc2c(c1C)C(c1ccc(N3CCc4cc(OCC(=O)OCc5ccccc5)ccc43)cc1)=N[C@@H](CC(=O)O)c1nnc(C)n1-2. The lowest BCUT2D eigenvalue weighted by Gasteiger charge is -2.20. The zero-order chi connectivity index (χ0) is 32.7. The second-order valence-corrected chi connectivity index (χ2v) is 12.9. The van der Waals surface area contributed by atoms with Crippen LogP contribution in [0.15, 0.2) is 77.8 Å². The fraction of sp³-hybridized carbons (Fsp3) is 0.250. The third kappa shape index (κ3) is 5.90. The normalized spacial score (nSPS) is 14.9. The number of aliphatic imine (C=N–C) groups is 1. The molecule has 0 bridgehead atoms. The first kappa shape index (κ1) is 30.4. The molecule has 0 radical (unpaired) electrons. The first-order chi connectivity index (χ1) is 22.8. The van der Waals surface area contributed by atoms with E-state index in [1.165, 1.54) is 0 Å². The molecule has 0 spiro atoms. The number of carboxylic acids is 1. The number of rotatable bonds is 9. The molecule has 7 rings (SSSR count). The van der Waals surface area contributed by atoms with Gasteiger partial charge >= 0.3 is 11.9 Å². The number of ether oxygens (including phenoxy) is 2. The van der Waals surface area contributed by atoms with E-state index in [0.717, 1.165) is 67.7 Å². The van der Waals surface area contributed by atoms with Crippen LogP contribution in [0.25, 0.3) is 5.00 Å². The lowest BCUT2D eigenvalue weighted by molar-refractivity contribution is -0.147. The van der Waals surface area contributed by atoms with Gasteiger partial charge in [0.15, 0.2) is 12.4 Å². The Kier molecular flexibility index (Phi) is 8.07. The molecule has 0 fully saturated rings. The minimum Gasteiger partial charge on any atom is -0.482 e. The molecule has 47 heavy (non-hydrogen) atoms. The molecular formula is C36H33N5O5S. The van der Waals surface area contributed by atoms with Crippen LogP contribution in [-0.4, -0.2) is 50.7 Å². The predicted molar refractivity (Wildman–Crippen MR) is 179 cm³/mol. The maximum Gasteiger partial charge on any atom is 0.344 e. The van der Waals surface area contributed by atoms with Crippen molar-refractivity contribution >= 4 is 40.4 Å². The van der Waals surface area contributed by atoms with Crippen LogP contribution < -0.4 is 9.64 Å². The van der Waals surface area contributed by atoms with Gasteiger partial charge in [0.25, 0.3) is 0 Å². The number of carbonyl (C=O) groups excluding carboxylic acids is 1. The van der Waals surface area contributed by atoms with Gasteiger partial charge in [-0.2, -0.15) is 0 Å². The molecule has 0 aliphatic carbocycles. The van der Waals surface area contributed by atoms with E-state index < -0.39 is 18.0 Å². The molecule has 4 heterocycles. The van der Waals surface area contributed by atoms with Crippen LogP contribution in [0, 0.1) is 20.8 Å². The van der Waals surface area contributed by atoms with Gasteiger partial charge in [-0.05, 0) is 74.2 Å². The first-order valence-electron chi connectivity index (χ1n) is 15.4. The fourth-order valence-electron chi connectivity index (χ4n) is 6.15. The number of hydrogen-bond donors (Lipinski definition) is 1. The minimum atomic E-state index is -0.942. The number of hydrogen-bond acceptors (Lipinski definition) is 9. The average Bonchev–Trinajstić information content (AvgIpc) is 3.73. The quantitative estimate of drug-likeness (QED) is 0.182. The monoisotopic (exact) mass is 647 g/mol. The summed E-state index contributed by atoms with van der Waals surface area (Å²) in [5, 5.41) is 19.3. The van der Waals surface area contributed by atoms with Gasteiger partial charge < -0.3 is 19.5 Å². The number of aliphatic carboxylic acids is 1. The predicted octanol–water partition coefficient (Wildman–Crippen LogP) is 6.44.